The molecule has 2 aromatic rings. The Hall–Kier alpha value is -2.57. The second-order valence-corrected chi connectivity index (χ2v) is 6.86. The van der Waals surface area contributed by atoms with Crippen molar-refractivity contribution in [1.29, 1.82) is 0 Å². The van der Waals surface area contributed by atoms with Crippen molar-refractivity contribution >= 4 is 29.1 Å². The molecule has 0 aliphatic heterocycles. The van der Waals surface area contributed by atoms with Crippen LogP contribution in [0.4, 0.5) is 5.69 Å². The van der Waals surface area contributed by atoms with E-state index in [1.165, 1.54) is 0 Å². The number of ether oxygens (including phenoxy) is 1. The van der Waals surface area contributed by atoms with Crippen molar-refractivity contribution in [3.05, 3.63) is 59.1 Å². The van der Waals surface area contributed by atoms with E-state index < -0.39 is 0 Å². The third kappa shape index (κ3) is 6.55. The van der Waals surface area contributed by atoms with Crippen LogP contribution in [0.25, 0.3) is 0 Å². The van der Waals surface area contributed by atoms with Crippen molar-refractivity contribution in [3.63, 3.8) is 0 Å². The number of amides is 2. The predicted octanol–water partition coefficient (Wildman–Crippen LogP) is 3.27. The van der Waals surface area contributed by atoms with Gasteiger partial charge >= 0.3 is 0 Å². The summed E-state index contributed by atoms with van der Waals surface area (Å²) in [5, 5.41) is 3.49. The summed E-state index contributed by atoms with van der Waals surface area (Å²) >= 11 is 5.89. The number of hydrogen-bond donors (Lipinski definition) is 1. The van der Waals surface area contributed by atoms with Gasteiger partial charge in [0.2, 0.25) is 11.8 Å². The molecule has 0 saturated heterocycles. The standard InChI is InChI=1S/C21H26ClN3O3/c1-4-25(14-20(26)23-18-7-5-6-8-19(18)28-3)15-21(27)24(2)13-16-9-11-17(22)12-10-16/h5-12H,4,13-15H2,1-3H3,(H,23,26). The van der Waals surface area contributed by atoms with E-state index in [9.17, 15) is 9.59 Å². The Kier molecular flexibility index (Phi) is 8.29. The number of carbonyl (C=O) groups excluding carboxylic acids is 2. The Labute approximate surface area is 171 Å². The molecular formula is C21H26ClN3O3. The Bertz CT molecular complexity index is 796. The molecule has 150 valence electrons. The number of methoxy groups -OCH3 is 1. The highest BCUT2D eigenvalue weighted by atomic mass is 35.5. The van der Waals surface area contributed by atoms with Crippen molar-refractivity contribution in [1.82, 2.24) is 9.80 Å². The van der Waals surface area contributed by atoms with Crippen LogP contribution in [0, 0.1) is 0 Å². The third-order valence-electron chi connectivity index (χ3n) is 4.31. The second-order valence-electron chi connectivity index (χ2n) is 6.43. The Morgan fingerprint density at radius 1 is 1.07 bits per heavy atom. The maximum Gasteiger partial charge on any atom is 0.238 e. The first kappa shape index (κ1) is 21.7. The molecule has 0 spiro atoms. The zero-order valence-corrected chi connectivity index (χ0v) is 17.2. The van der Waals surface area contributed by atoms with Crippen molar-refractivity contribution < 1.29 is 14.3 Å². The van der Waals surface area contributed by atoms with Gasteiger partial charge in [-0.2, -0.15) is 0 Å². The molecular weight excluding hydrogens is 378 g/mol. The number of hydrogen-bond acceptors (Lipinski definition) is 4. The number of likely N-dealkylation sites (N-methyl/N-ethyl adjacent to an activating group) is 2. The van der Waals surface area contributed by atoms with Crippen LogP contribution in [0.2, 0.25) is 5.02 Å². The van der Waals surface area contributed by atoms with Crippen LogP contribution in [-0.4, -0.2) is 55.4 Å². The van der Waals surface area contributed by atoms with Crippen LogP contribution < -0.4 is 10.1 Å². The molecule has 2 amide bonds. The Morgan fingerprint density at radius 2 is 1.75 bits per heavy atom. The molecule has 6 nitrogen and oxygen atoms in total. The molecule has 0 unspecified atom stereocenters. The van der Waals surface area contributed by atoms with Crippen LogP contribution in [0.5, 0.6) is 5.75 Å². The van der Waals surface area contributed by atoms with Gasteiger partial charge in [0, 0.05) is 18.6 Å². The third-order valence-corrected chi connectivity index (χ3v) is 4.57. The highest BCUT2D eigenvalue weighted by Crippen LogP contribution is 2.22. The molecule has 2 aromatic carbocycles. The number of carbonyl (C=O) groups is 2. The minimum absolute atomic E-state index is 0.0538. The summed E-state index contributed by atoms with van der Waals surface area (Å²) in [4.78, 5) is 28.3. The molecule has 28 heavy (non-hydrogen) atoms. The minimum atomic E-state index is -0.195. The molecule has 0 aromatic heterocycles. The molecule has 7 heteroatoms. The Morgan fingerprint density at radius 3 is 2.39 bits per heavy atom. The second kappa shape index (κ2) is 10.7. The summed E-state index contributed by atoms with van der Waals surface area (Å²) in [5.74, 6) is 0.346. The summed E-state index contributed by atoms with van der Waals surface area (Å²) < 4.78 is 5.24. The van der Waals surface area contributed by atoms with Crippen LogP contribution in [-0.2, 0) is 16.1 Å². The van der Waals surface area contributed by atoms with Crippen LogP contribution in [0.1, 0.15) is 12.5 Å². The SMILES string of the molecule is CCN(CC(=O)Nc1ccccc1OC)CC(=O)N(C)Cc1ccc(Cl)cc1. The van der Waals surface area contributed by atoms with Crippen LogP contribution >= 0.6 is 11.6 Å². The van der Waals surface area contributed by atoms with Crippen LogP contribution in [0.15, 0.2) is 48.5 Å². The van der Waals surface area contributed by atoms with E-state index in [2.05, 4.69) is 5.32 Å². The summed E-state index contributed by atoms with van der Waals surface area (Å²) in [6.07, 6.45) is 0. The molecule has 2 rings (SSSR count). The summed E-state index contributed by atoms with van der Waals surface area (Å²) in [6, 6.07) is 14.6. The summed E-state index contributed by atoms with van der Waals surface area (Å²) in [5.41, 5.74) is 1.61. The lowest BCUT2D eigenvalue weighted by Crippen LogP contribution is -2.41. The number of nitrogens with one attached hydrogen (secondary N) is 1. The molecule has 0 aliphatic carbocycles. The van der Waals surface area contributed by atoms with E-state index >= 15 is 0 Å². The number of anilines is 1. The average Bonchev–Trinajstić information content (AvgIpc) is 2.69. The fraction of sp³-hybridized carbons (Fsp3) is 0.333. The highest BCUT2D eigenvalue weighted by molar-refractivity contribution is 6.30. The minimum Gasteiger partial charge on any atom is -0.495 e. The largest absolute Gasteiger partial charge is 0.495 e. The molecule has 0 fully saturated rings. The van der Waals surface area contributed by atoms with Crippen molar-refractivity contribution in [2.45, 2.75) is 13.5 Å². The first-order chi connectivity index (χ1) is 13.4. The number of halogens is 1. The molecule has 0 radical (unpaired) electrons. The molecule has 1 N–H and O–H groups in total. The molecule has 0 bridgehead atoms. The van der Waals surface area contributed by atoms with Gasteiger partial charge in [-0.1, -0.05) is 42.8 Å². The highest BCUT2D eigenvalue weighted by Gasteiger charge is 2.17. The summed E-state index contributed by atoms with van der Waals surface area (Å²) in [6.45, 7) is 3.28. The van der Waals surface area contributed by atoms with Gasteiger partial charge in [-0.25, -0.2) is 0 Å². The number of nitrogens with zero attached hydrogens (tertiary/aromatic N) is 2. The fourth-order valence-electron chi connectivity index (χ4n) is 2.68. The van der Waals surface area contributed by atoms with Gasteiger partial charge < -0.3 is 15.0 Å². The van der Waals surface area contributed by atoms with E-state index in [4.69, 9.17) is 16.3 Å². The molecule has 0 heterocycles. The van der Waals surface area contributed by atoms with Gasteiger partial charge in [-0.05, 0) is 36.4 Å². The lowest BCUT2D eigenvalue weighted by atomic mass is 10.2. The lowest BCUT2D eigenvalue weighted by molar-refractivity contribution is -0.132. The van der Waals surface area contributed by atoms with Gasteiger partial charge in [0.25, 0.3) is 0 Å². The van der Waals surface area contributed by atoms with Gasteiger partial charge in [-0.3, -0.25) is 14.5 Å². The number of benzene rings is 2. The van der Waals surface area contributed by atoms with Gasteiger partial charge in [-0.15, -0.1) is 0 Å². The Balaban J connectivity index is 1.88. The number of para-hydroxylation sites is 2. The zero-order valence-electron chi connectivity index (χ0n) is 16.4. The maximum absolute atomic E-state index is 12.5. The smallest absolute Gasteiger partial charge is 0.238 e. The first-order valence-electron chi connectivity index (χ1n) is 9.06. The number of rotatable bonds is 9. The molecule has 0 aliphatic rings. The predicted molar refractivity (Wildman–Crippen MR) is 112 cm³/mol. The topological polar surface area (TPSA) is 61.9 Å². The fourth-order valence-corrected chi connectivity index (χ4v) is 2.81. The van der Waals surface area contributed by atoms with Crippen molar-refractivity contribution in [2.24, 2.45) is 0 Å². The van der Waals surface area contributed by atoms with Crippen molar-refractivity contribution in [2.75, 3.05) is 39.1 Å². The van der Waals surface area contributed by atoms with E-state index in [-0.39, 0.29) is 24.9 Å². The van der Waals surface area contributed by atoms with Gasteiger partial charge in [0.1, 0.15) is 5.75 Å². The quantitative estimate of drug-likeness (QED) is 0.698. The summed E-state index contributed by atoms with van der Waals surface area (Å²) in [7, 11) is 3.30. The van der Waals surface area contributed by atoms with E-state index in [0.29, 0.717) is 29.5 Å². The van der Waals surface area contributed by atoms with Crippen LogP contribution in [0.3, 0.4) is 0 Å². The zero-order chi connectivity index (χ0) is 20.5. The van der Waals surface area contributed by atoms with Crippen molar-refractivity contribution in [3.8, 4) is 5.75 Å². The van der Waals surface area contributed by atoms with E-state index in [0.717, 1.165) is 5.56 Å². The average molecular weight is 404 g/mol. The first-order valence-corrected chi connectivity index (χ1v) is 9.44. The lowest BCUT2D eigenvalue weighted by Gasteiger charge is -2.24. The van der Waals surface area contributed by atoms with Gasteiger partial charge in [0.05, 0.1) is 25.9 Å². The van der Waals surface area contributed by atoms with E-state index in [1.54, 1.807) is 48.2 Å². The van der Waals surface area contributed by atoms with Gasteiger partial charge in [0.15, 0.2) is 0 Å². The molecule has 0 saturated carbocycles. The monoisotopic (exact) mass is 403 g/mol. The normalized spacial score (nSPS) is 10.6. The maximum atomic E-state index is 12.5. The molecule has 0 atom stereocenters. The van der Waals surface area contributed by atoms with E-state index in [1.807, 2.05) is 31.2 Å².